The molecule has 0 saturated heterocycles. The molecule has 0 bridgehead atoms. The van der Waals surface area contributed by atoms with E-state index in [9.17, 15) is 0 Å². The molecule has 9 aromatic rings. The van der Waals surface area contributed by atoms with Gasteiger partial charge in [0.25, 0.3) is 0 Å². The number of hydrogen-bond acceptors (Lipinski definition) is 4. The third-order valence-corrected chi connectivity index (χ3v) is 37.5. The molecule has 0 aliphatic heterocycles. The summed E-state index contributed by atoms with van der Waals surface area (Å²) >= 11 is -7.73. The molecule has 0 aliphatic rings. The predicted octanol–water partition coefficient (Wildman–Crippen LogP) is 26.4. The normalized spacial score (nSPS) is 14.3. The second-order valence-corrected chi connectivity index (χ2v) is 45.5. The van der Waals surface area contributed by atoms with E-state index >= 15 is 42.5 Å². The number of alkyl halides is 9. The Bertz CT molecular complexity index is 3400. The van der Waals surface area contributed by atoms with Gasteiger partial charge in [-0.15, -0.1) is 0 Å². The molecule has 0 unspecified atom stereocenters. The molecule has 98 heavy (non-hydrogen) atoms. The molecule has 4 nitrogen and oxygen atoms in total. The first-order valence-electron chi connectivity index (χ1n) is 32.4. The van der Waals surface area contributed by atoms with Crippen LogP contribution in [0.4, 0.5) is 39.5 Å². The summed E-state index contributed by atoms with van der Waals surface area (Å²) in [5, 5.41) is 0. The van der Waals surface area contributed by atoms with Crippen molar-refractivity contribution in [3.05, 3.63) is 268 Å². The minimum atomic E-state index is -7.73. The molecule has 0 N–H and O–H groups in total. The van der Waals surface area contributed by atoms with Crippen molar-refractivity contribution in [2.75, 3.05) is 0 Å². The quantitative estimate of drug-likeness (QED) is 0.0758. The molecule has 17 heteroatoms. The topological polar surface area (TPSA) is 44.8 Å². The van der Waals surface area contributed by atoms with E-state index in [4.69, 9.17) is 7.38 Å². The second-order valence-electron chi connectivity index (χ2n) is 31.1. The van der Waals surface area contributed by atoms with Crippen molar-refractivity contribution in [1.29, 1.82) is 0 Å². The van der Waals surface area contributed by atoms with Crippen LogP contribution < -0.4 is 0 Å². The monoisotopic (exact) mass is 1510 g/mol. The average molecular weight is 1520 g/mol. The number of rotatable bonds is 15. The molecule has 0 heterocycles. The summed E-state index contributed by atoms with van der Waals surface area (Å²) < 4.78 is 180. The van der Waals surface area contributed by atoms with Gasteiger partial charge in [-0.05, 0) is 0 Å². The van der Waals surface area contributed by atoms with Crippen molar-refractivity contribution in [3.8, 4) is 0 Å². The summed E-state index contributed by atoms with van der Waals surface area (Å²) in [6.45, 7) is 36.5. The molecule has 0 spiro atoms. The molecule has 9 aromatic carbocycles. The zero-order valence-corrected chi connectivity index (χ0v) is 64.0. The fourth-order valence-electron chi connectivity index (χ4n) is 11.4. The summed E-state index contributed by atoms with van der Waals surface area (Å²) in [5.74, 6) is 0. The maximum atomic E-state index is 19.4. The first kappa shape index (κ1) is 76.1. The first-order chi connectivity index (χ1) is 45.0. The molecule has 0 amide bonds. The Morgan fingerprint density at radius 2 is 0.306 bits per heavy atom. The van der Waals surface area contributed by atoms with E-state index in [2.05, 4.69) is 0 Å². The van der Waals surface area contributed by atoms with Gasteiger partial charge in [-0.2, -0.15) is 0 Å². The van der Waals surface area contributed by atoms with Crippen molar-refractivity contribution in [3.63, 3.8) is 0 Å². The van der Waals surface area contributed by atoms with E-state index in [0.29, 0.717) is 29.4 Å². The molecule has 0 aromatic heterocycles. The van der Waals surface area contributed by atoms with Gasteiger partial charge in [0.15, 0.2) is 0 Å². The van der Waals surface area contributed by atoms with Gasteiger partial charge in [-0.25, -0.2) is 0 Å². The van der Waals surface area contributed by atoms with Crippen LogP contribution in [0.5, 0.6) is 0 Å². The van der Waals surface area contributed by atoms with Crippen LogP contribution in [0, 0.1) is 0 Å². The predicted molar refractivity (Wildman–Crippen MR) is 382 cm³/mol. The Morgan fingerprint density at radius 1 is 0.204 bits per heavy atom. The van der Waals surface area contributed by atoms with E-state index < -0.39 is 119 Å². The van der Waals surface area contributed by atoms with Gasteiger partial charge in [0.2, 0.25) is 0 Å². The van der Waals surface area contributed by atoms with Crippen molar-refractivity contribution < 1.29 is 49.9 Å². The Labute approximate surface area is 584 Å². The average Bonchev–Trinajstić information content (AvgIpc) is 0.714. The first-order valence-corrected chi connectivity index (χ1v) is 41.3. The SMILES string of the molecule is CC(C)(C)c1ccc(S([O][Sb](=[O])([O]S(c2ccc(C(C)(C)C)cc2)(c2ccc(C(C)(C)C)cc2)c2ccc(C(F)(F)F)cc2)[O]S(c2ccc(C(C)(C)C)cc2)(c2ccc(C(C)(C)C)cc2)c2ccc(C(F)(F)F)cc2)(c2ccc(C(C)(C)C)cc2)c2ccc(C(F)(F)F)cc2)cc1. The Hall–Kier alpha value is -6.10. The van der Waals surface area contributed by atoms with Crippen LogP contribution in [0.25, 0.3) is 0 Å². The van der Waals surface area contributed by atoms with E-state index in [1.165, 1.54) is 36.4 Å². The van der Waals surface area contributed by atoms with Crippen LogP contribution in [0.15, 0.2) is 262 Å². The van der Waals surface area contributed by atoms with Crippen molar-refractivity contribution >= 4 is 51.0 Å². The molecule has 0 atom stereocenters. The molecule has 9 rings (SSSR count). The van der Waals surface area contributed by atoms with Gasteiger partial charge < -0.3 is 0 Å². The molecule has 524 valence electrons. The standard InChI is InChI=1S/3C27H31F3OS.O.Sb/c3*1-25(2,3)19-7-13-22(14-8-19)32(31,23-15-9-20(10-16-23)26(4,5)6)24-17-11-21(12-18-24)27(28,29)30;;/h3*7-18,31H,1-6H3;;/q;;;;+3/p-3. The van der Waals surface area contributed by atoms with Gasteiger partial charge in [-0.3, -0.25) is 0 Å². The molecular weight excluding hydrogens is 1430 g/mol. The molecule has 0 aliphatic carbocycles. The Kier molecular flexibility index (Phi) is 21.0. The number of halogens is 9. The summed E-state index contributed by atoms with van der Waals surface area (Å²) in [7, 11) is -11.6. The minimum absolute atomic E-state index is 0.123. The van der Waals surface area contributed by atoms with Crippen LogP contribution in [0.1, 0.15) is 175 Å². The zero-order chi connectivity index (χ0) is 72.5. The van der Waals surface area contributed by atoms with E-state index in [1.807, 2.05) is 197 Å². The zero-order valence-electron chi connectivity index (χ0n) is 59.0. The van der Waals surface area contributed by atoms with Crippen molar-refractivity contribution in [2.45, 2.75) is 220 Å². The second kappa shape index (κ2) is 27.0. The van der Waals surface area contributed by atoms with Crippen LogP contribution in [-0.4, -0.2) is 20.1 Å². The molecular formula is C81H90F9O4S3Sb. The van der Waals surface area contributed by atoms with Crippen LogP contribution in [-0.2, 0) is 61.4 Å². The van der Waals surface area contributed by atoms with Gasteiger partial charge >= 0.3 is 589 Å². The van der Waals surface area contributed by atoms with E-state index in [0.717, 1.165) is 69.8 Å². The summed E-state index contributed by atoms with van der Waals surface area (Å²) in [5.41, 5.74) is -0.479. The van der Waals surface area contributed by atoms with Crippen LogP contribution in [0.2, 0.25) is 0 Å². The van der Waals surface area contributed by atoms with Gasteiger partial charge in [0.05, 0.1) is 0 Å². The third-order valence-electron chi connectivity index (χ3n) is 17.5. The van der Waals surface area contributed by atoms with Crippen LogP contribution in [0.3, 0.4) is 0 Å². The molecule has 0 fully saturated rings. The van der Waals surface area contributed by atoms with Gasteiger partial charge in [-0.1, -0.05) is 0 Å². The van der Waals surface area contributed by atoms with Crippen molar-refractivity contribution in [2.24, 2.45) is 0 Å². The van der Waals surface area contributed by atoms with E-state index in [1.54, 1.807) is 72.8 Å². The summed E-state index contributed by atoms with van der Waals surface area (Å²) in [6, 6.07) is 57.6. The summed E-state index contributed by atoms with van der Waals surface area (Å²) in [6.07, 6.45) is -14.5. The Balaban J connectivity index is 1.56. The molecule has 0 saturated carbocycles. The third kappa shape index (κ3) is 16.1. The van der Waals surface area contributed by atoms with Gasteiger partial charge in [0, 0.05) is 0 Å². The van der Waals surface area contributed by atoms with E-state index in [-0.39, 0.29) is 14.7 Å². The van der Waals surface area contributed by atoms with Crippen LogP contribution >= 0.6 is 30.9 Å². The number of hydrogen-bond donors (Lipinski definition) is 0. The Morgan fingerprint density at radius 3 is 0.398 bits per heavy atom. The summed E-state index contributed by atoms with van der Waals surface area (Å²) in [4.78, 5) is 2.42. The number of benzene rings is 9. The fourth-order valence-corrected chi connectivity index (χ4v) is 36.0. The van der Waals surface area contributed by atoms with Crippen molar-refractivity contribution in [1.82, 2.24) is 0 Å². The van der Waals surface area contributed by atoms with Gasteiger partial charge in [0.1, 0.15) is 0 Å². The maximum absolute atomic E-state index is 19.4. The molecule has 0 radical (unpaired) electrons. The fraction of sp³-hybridized carbons (Fsp3) is 0.333.